The molecule has 0 heterocycles. The highest BCUT2D eigenvalue weighted by Gasteiger charge is 2.40. The fraction of sp³-hybridized carbons (Fsp3) is 1.00. The van der Waals surface area contributed by atoms with E-state index < -0.39 is 0 Å². The third-order valence-electron chi connectivity index (χ3n) is 5.34. The minimum absolute atomic E-state index is 0.555. The van der Waals surface area contributed by atoms with Gasteiger partial charge in [-0.15, -0.1) is 0 Å². The molecule has 2 fully saturated rings. The Morgan fingerprint density at radius 3 is 2.00 bits per heavy atom. The van der Waals surface area contributed by atoms with E-state index in [9.17, 15) is 0 Å². The predicted octanol–water partition coefficient (Wildman–Crippen LogP) is 4.89. The summed E-state index contributed by atoms with van der Waals surface area (Å²) in [6.07, 6.45) is 9.17. The highest BCUT2D eigenvalue weighted by atomic mass is 14.4. The zero-order valence-electron chi connectivity index (χ0n) is 11.1. The van der Waals surface area contributed by atoms with Gasteiger partial charge in [0, 0.05) is 0 Å². The van der Waals surface area contributed by atoms with Gasteiger partial charge in [0.05, 0.1) is 0 Å². The van der Waals surface area contributed by atoms with Gasteiger partial charge in [-0.2, -0.15) is 0 Å². The zero-order chi connectivity index (χ0) is 11.1. The molecule has 0 aliphatic heterocycles. The van der Waals surface area contributed by atoms with Crippen LogP contribution in [0, 0.1) is 29.1 Å². The zero-order valence-corrected chi connectivity index (χ0v) is 11.1. The SMILES string of the molecule is CC(C)C(C)(C)CC1CCC2CC2CC1. The van der Waals surface area contributed by atoms with Gasteiger partial charge in [-0.3, -0.25) is 0 Å². The van der Waals surface area contributed by atoms with Gasteiger partial charge in [0.2, 0.25) is 0 Å². The molecule has 2 aliphatic rings. The van der Waals surface area contributed by atoms with E-state index >= 15 is 0 Å². The fourth-order valence-electron chi connectivity index (χ4n) is 3.25. The molecule has 0 amide bonds. The topological polar surface area (TPSA) is 0 Å². The second-order valence-corrected chi connectivity index (χ2v) is 7.12. The maximum Gasteiger partial charge on any atom is -0.0329 e. The number of hydrogen-bond donors (Lipinski definition) is 0. The smallest absolute Gasteiger partial charge is 0.0329 e. The van der Waals surface area contributed by atoms with Gasteiger partial charge < -0.3 is 0 Å². The summed E-state index contributed by atoms with van der Waals surface area (Å²) in [4.78, 5) is 0. The molecule has 0 spiro atoms. The second-order valence-electron chi connectivity index (χ2n) is 7.12. The van der Waals surface area contributed by atoms with Crippen molar-refractivity contribution in [2.75, 3.05) is 0 Å². The van der Waals surface area contributed by atoms with Gasteiger partial charge in [-0.05, 0) is 54.8 Å². The first kappa shape index (κ1) is 11.5. The lowest BCUT2D eigenvalue weighted by Crippen LogP contribution is -2.23. The summed E-state index contributed by atoms with van der Waals surface area (Å²) in [5.41, 5.74) is 0.555. The van der Waals surface area contributed by atoms with Crippen molar-refractivity contribution in [3.8, 4) is 0 Å². The van der Waals surface area contributed by atoms with Crippen molar-refractivity contribution in [1.29, 1.82) is 0 Å². The van der Waals surface area contributed by atoms with Crippen LogP contribution < -0.4 is 0 Å². The van der Waals surface area contributed by atoms with Crippen molar-refractivity contribution in [3.05, 3.63) is 0 Å². The van der Waals surface area contributed by atoms with Gasteiger partial charge in [-0.25, -0.2) is 0 Å². The molecule has 0 nitrogen and oxygen atoms in total. The molecule has 15 heavy (non-hydrogen) atoms. The highest BCUT2D eigenvalue weighted by molar-refractivity contribution is 4.90. The molecule has 0 radical (unpaired) electrons. The van der Waals surface area contributed by atoms with Crippen molar-refractivity contribution in [2.24, 2.45) is 29.1 Å². The molecule has 2 rings (SSSR count). The lowest BCUT2D eigenvalue weighted by Gasteiger charge is -2.33. The Morgan fingerprint density at radius 2 is 1.53 bits per heavy atom. The first-order chi connectivity index (χ1) is 6.99. The Kier molecular flexibility index (Phi) is 3.14. The largest absolute Gasteiger partial charge is 0.0623 e. The molecule has 0 bridgehead atoms. The van der Waals surface area contributed by atoms with Gasteiger partial charge >= 0.3 is 0 Å². The van der Waals surface area contributed by atoms with Crippen molar-refractivity contribution in [3.63, 3.8) is 0 Å². The van der Waals surface area contributed by atoms with Crippen LogP contribution >= 0.6 is 0 Å². The van der Waals surface area contributed by atoms with Gasteiger partial charge in [0.15, 0.2) is 0 Å². The van der Waals surface area contributed by atoms with Crippen LogP contribution in [0.4, 0.5) is 0 Å². The Bertz CT molecular complexity index is 202. The van der Waals surface area contributed by atoms with E-state index in [2.05, 4.69) is 27.7 Å². The average molecular weight is 208 g/mol. The maximum absolute atomic E-state index is 2.46. The van der Waals surface area contributed by atoms with E-state index in [-0.39, 0.29) is 0 Å². The van der Waals surface area contributed by atoms with Crippen LogP contribution in [0.25, 0.3) is 0 Å². The van der Waals surface area contributed by atoms with Crippen LogP contribution in [0.1, 0.15) is 66.2 Å². The summed E-state index contributed by atoms with van der Waals surface area (Å²) in [5, 5.41) is 0. The summed E-state index contributed by atoms with van der Waals surface area (Å²) >= 11 is 0. The van der Waals surface area contributed by atoms with Crippen LogP contribution in [0.3, 0.4) is 0 Å². The van der Waals surface area contributed by atoms with Crippen molar-refractivity contribution in [1.82, 2.24) is 0 Å². The third-order valence-corrected chi connectivity index (χ3v) is 5.34. The number of rotatable bonds is 3. The standard InChI is InChI=1S/C15H28/c1-11(2)15(3,4)10-12-5-7-13-9-14(13)8-6-12/h11-14H,5-10H2,1-4H3. The summed E-state index contributed by atoms with van der Waals surface area (Å²) in [6.45, 7) is 9.69. The quantitative estimate of drug-likeness (QED) is 0.620. The summed E-state index contributed by atoms with van der Waals surface area (Å²) in [6, 6.07) is 0. The van der Waals surface area contributed by atoms with Crippen LogP contribution in [0.5, 0.6) is 0 Å². The molecule has 88 valence electrons. The van der Waals surface area contributed by atoms with E-state index in [1.165, 1.54) is 19.3 Å². The molecule has 0 aromatic rings. The molecular formula is C15H28. The van der Waals surface area contributed by atoms with Crippen LogP contribution in [-0.4, -0.2) is 0 Å². The Morgan fingerprint density at radius 1 is 1.00 bits per heavy atom. The van der Waals surface area contributed by atoms with E-state index in [0.29, 0.717) is 5.41 Å². The average Bonchev–Trinajstić information content (AvgIpc) is 2.86. The van der Waals surface area contributed by atoms with Crippen LogP contribution in [0.15, 0.2) is 0 Å². The van der Waals surface area contributed by atoms with E-state index in [4.69, 9.17) is 0 Å². The minimum atomic E-state index is 0.555. The summed E-state index contributed by atoms with van der Waals surface area (Å²) < 4.78 is 0. The number of hydrogen-bond acceptors (Lipinski definition) is 0. The van der Waals surface area contributed by atoms with Crippen molar-refractivity contribution >= 4 is 0 Å². The van der Waals surface area contributed by atoms with Gasteiger partial charge in [0.25, 0.3) is 0 Å². The van der Waals surface area contributed by atoms with Gasteiger partial charge in [-0.1, -0.05) is 40.5 Å². The summed E-state index contributed by atoms with van der Waals surface area (Å²) in [7, 11) is 0. The lowest BCUT2D eigenvalue weighted by atomic mass is 9.72. The molecule has 2 atom stereocenters. The van der Waals surface area contributed by atoms with Crippen LogP contribution in [0.2, 0.25) is 0 Å². The normalized spacial score (nSPS) is 36.2. The number of fused-ring (bicyclic) bond motifs is 1. The second kappa shape index (κ2) is 4.11. The van der Waals surface area contributed by atoms with E-state index in [1.54, 1.807) is 19.3 Å². The first-order valence-electron chi connectivity index (χ1n) is 6.99. The lowest BCUT2D eigenvalue weighted by molar-refractivity contribution is 0.176. The Hall–Kier alpha value is 0. The van der Waals surface area contributed by atoms with Crippen LogP contribution in [-0.2, 0) is 0 Å². The van der Waals surface area contributed by atoms with Gasteiger partial charge in [0.1, 0.15) is 0 Å². The molecule has 0 aromatic carbocycles. The third kappa shape index (κ3) is 2.77. The molecule has 2 aliphatic carbocycles. The maximum atomic E-state index is 2.46. The minimum Gasteiger partial charge on any atom is -0.0623 e. The monoisotopic (exact) mass is 208 g/mol. The molecule has 0 saturated heterocycles. The fourth-order valence-corrected chi connectivity index (χ4v) is 3.25. The first-order valence-corrected chi connectivity index (χ1v) is 6.99. The van der Waals surface area contributed by atoms with E-state index in [0.717, 1.165) is 23.7 Å². The van der Waals surface area contributed by atoms with E-state index in [1.807, 2.05) is 0 Å². The van der Waals surface area contributed by atoms with Crippen molar-refractivity contribution < 1.29 is 0 Å². The predicted molar refractivity (Wildman–Crippen MR) is 66.8 cm³/mol. The molecular weight excluding hydrogens is 180 g/mol. The Balaban J connectivity index is 1.83. The van der Waals surface area contributed by atoms with Crippen molar-refractivity contribution in [2.45, 2.75) is 66.2 Å². The highest BCUT2D eigenvalue weighted by Crippen LogP contribution is 2.51. The molecule has 0 aromatic heterocycles. The summed E-state index contributed by atoms with van der Waals surface area (Å²) in [5.74, 6) is 4.17. The molecule has 0 N–H and O–H groups in total. The molecule has 2 saturated carbocycles. The Labute approximate surface area is 95.8 Å². The molecule has 0 heteroatoms. The molecule has 2 unspecified atom stereocenters.